The Hall–Kier alpha value is -1.09. The second-order valence-corrected chi connectivity index (χ2v) is 1.52. The van der Waals surface area contributed by atoms with Crippen molar-refractivity contribution >= 4 is 5.69 Å². The van der Waals surface area contributed by atoms with Crippen LogP contribution in [0.2, 0.25) is 0 Å². The third-order valence-electron chi connectivity index (χ3n) is 0.905. The maximum Gasteiger partial charge on any atom is 0.146 e. The SMILES string of the molecule is Nc1ccccc1F.O. The Morgan fingerprint density at radius 3 is 2.11 bits per heavy atom. The van der Waals surface area contributed by atoms with Crippen LogP contribution in [0.1, 0.15) is 0 Å². The number of nitrogen functional groups attached to an aromatic ring is 1. The topological polar surface area (TPSA) is 57.5 Å². The second-order valence-electron chi connectivity index (χ2n) is 1.52. The van der Waals surface area contributed by atoms with Crippen molar-refractivity contribution in [2.24, 2.45) is 0 Å². The summed E-state index contributed by atoms with van der Waals surface area (Å²) in [6.45, 7) is 0. The second kappa shape index (κ2) is 3.04. The molecule has 0 aliphatic carbocycles. The molecule has 0 atom stereocenters. The van der Waals surface area contributed by atoms with Gasteiger partial charge in [0.2, 0.25) is 0 Å². The molecule has 0 amide bonds. The summed E-state index contributed by atoms with van der Waals surface area (Å²) >= 11 is 0. The molecule has 0 aromatic heterocycles. The van der Waals surface area contributed by atoms with Gasteiger partial charge in [0.05, 0.1) is 5.69 Å². The molecule has 1 aromatic rings. The minimum absolute atomic E-state index is 0. The van der Waals surface area contributed by atoms with E-state index in [4.69, 9.17) is 5.73 Å². The van der Waals surface area contributed by atoms with Crippen LogP contribution in [0.15, 0.2) is 24.3 Å². The largest absolute Gasteiger partial charge is 0.412 e. The van der Waals surface area contributed by atoms with E-state index in [2.05, 4.69) is 0 Å². The molecule has 2 nitrogen and oxygen atoms in total. The first kappa shape index (κ1) is 7.91. The predicted octanol–water partition coefficient (Wildman–Crippen LogP) is 0.583. The van der Waals surface area contributed by atoms with E-state index in [0.717, 1.165) is 0 Å². The fourth-order valence-corrected chi connectivity index (χ4v) is 0.475. The smallest absolute Gasteiger partial charge is 0.146 e. The molecule has 0 bridgehead atoms. The van der Waals surface area contributed by atoms with E-state index in [1.54, 1.807) is 12.1 Å². The number of hydrogen-bond donors (Lipinski definition) is 1. The molecule has 0 aliphatic rings. The van der Waals surface area contributed by atoms with Crippen LogP contribution in [0.3, 0.4) is 0 Å². The van der Waals surface area contributed by atoms with Crippen molar-refractivity contribution in [3.8, 4) is 0 Å². The monoisotopic (exact) mass is 129 g/mol. The number of rotatable bonds is 0. The van der Waals surface area contributed by atoms with Crippen molar-refractivity contribution in [3.63, 3.8) is 0 Å². The van der Waals surface area contributed by atoms with Gasteiger partial charge in [0, 0.05) is 0 Å². The molecule has 1 rings (SSSR count). The molecular formula is C6H8FNO. The average Bonchev–Trinajstić information content (AvgIpc) is 1.77. The fraction of sp³-hybridized carbons (Fsp3) is 0. The maximum atomic E-state index is 12.2. The molecule has 4 N–H and O–H groups in total. The Morgan fingerprint density at radius 2 is 1.78 bits per heavy atom. The molecule has 0 saturated heterocycles. The molecular weight excluding hydrogens is 121 g/mol. The van der Waals surface area contributed by atoms with Crippen LogP contribution < -0.4 is 5.73 Å². The van der Waals surface area contributed by atoms with Crippen LogP contribution in [0.4, 0.5) is 10.1 Å². The first-order chi connectivity index (χ1) is 3.80. The van der Waals surface area contributed by atoms with Crippen LogP contribution >= 0.6 is 0 Å². The Balaban J connectivity index is 0.000000640. The zero-order valence-corrected chi connectivity index (χ0v) is 4.76. The van der Waals surface area contributed by atoms with Crippen LogP contribution in [-0.4, -0.2) is 5.48 Å². The molecule has 0 heterocycles. The third kappa shape index (κ3) is 1.70. The molecule has 1 aromatic carbocycles. The van der Waals surface area contributed by atoms with E-state index in [0.29, 0.717) is 0 Å². The minimum Gasteiger partial charge on any atom is -0.412 e. The Labute approximate surface area is 52.4 Å². The summed E-state index contributed by atoms with van der Waals surface area (Å²) in [6, 6.07) is 6.15. The van der Waals surface area contributed by atoms with Crippen LogP contribution in [0.25, 0.3) is 0 Å². The van der Waals surface area contributed by atoms with Crippen molar-refractivity contribution in [1.82, 2.24) is 0 Å². The van der Waals surface area contributed by atoms with Gasteiger partial charge in [-0.25, -0.2) is 4.39 Å². The lowest BCUT2D eigenvalue weighted by Crippen LogP contribution is -1.86. The number of halogens is 1. The van der Waals surface area contributed by atoms with Crippen molar-refractivity contribution in [1.29, 1.82) is 0 Å². The molecule has 50 valence electrons. The normalized spacial score (nSPS) is 8.11. The number of nitrogens with two attached hydrogens (primary N) is 1. The summed E-state index contributed by atoms with van der Waals surface area (Å²) in [5, 5.41) is 0. The summed E-state index contributed by atoms with van der Waals surface area (Å²) in [7, 11) is 0. The van der Waals surface area contributed by atoms with E-state index < -0.39 is 0 Å². The highest BCUT2D eigenvalue weighted by molar-refractivity contribution is 5.38. The van der Waals surface area contributed by atoms with Gasteiger partial charge in [0.15, 0.2) is 0 Å². The third-order valence-corrected chi connectivity index (χ3v) is 0.905. The molecule has 0 saturated carbocycles. The summed E-state index contributed by atoms with van der Waals surface area (Å²) in [5.41, 5.74) is 5.35. The minimum atomic E-state index is -0.354. The van der Waals surface area contributed by atoms with Gasteiger partial charge in [-0.15, -0.1) is 0 Å². The highest BCUT2D eigenvalue weighted by Gasteiger charge is 1.89. The van der Waals surface area contributed by atoms with E-state index in [1.165, 1.54) is 12.1 Å². The van der Waals surface area contributed by atoms with Gasteiger partial charge in [-0.3, -0.25) is 0 Å². The van der Waals surface area contributed by atoms with E-state index in [9.17, 15) is 4.39 Å². The Bertz CT molecular complexity index is 169. The predicted molar refractivity (Wildman–Crippen MR) is 34.4 cm³/mol. The van der Waals surface area contributed by atoms with Crippen molar-refractivity contribution in [2.45, 2.75) is 0 Å². The molecule has 0 aliphatic heterocycles. The first-order valence-electron chi connectivity index (χ1n) is 2.31. The summed E-state index contributed by atoms with van der Waals surface area (Å²) < 4.78 is 12.2. The lowest BCUT2D eigenvalue weighted by atomic mass is 10.3. The van der Waals surface area contributed by atoms with Crippen molar-refractivity contribution in [3.05, 3.63) is 30.1 Å². The van der Waals surface area contributed by atoms with Gasteiger partial charge in [-0.2, -0.15) is 0 Å². The molecule has 0 radical (unpaired) electrons. The van der Waals surface area contributed by atoms with Crippen LogP contribution in [0, 0.1) is 5.82 Å². The Kier molecular flexibility index (Phi) is 2.67. The molecule has 3 heteroatoms. The van der Waals surface area contributed by atoms with Gasteiger partial charge in [0.1, 0.15) is 5.82 Å². The van der Waals surface area contributed by atoms with Crippen molar-refractivity contribution < 1.29 is 9.87 Å². The van der Waals surface area contributed by atoms with Crippen LogP contribution in [-0.2, 0) is 0 Å². The number of anilines is 1. The molecule has 0 spiro atoms. The van der Waals surface area contributed by atoms with Gasteiger partial charge >= 0.3 is 0 Å². The first-order valence-corrected chi connectivity index (χ1v) is 2.31. The maximum absolute atomic E-state index is 12.2. The quantitative estimate of drug-likeness (QED) is 0.512. The zero-order valence-electron chi connectivity index (χ0n) is 4.76. The zero-order chi connectivity index (χ0) is 5.98. The van der Waals surface area contributed by atoms with Gasteiger partial charge in [-0.1, -0.05) is 12.1 Å². The average molecular weight is 129 g/mol. The summed E-state index contributed by atoms with van der Waals surface area (Å²) in [4.78, 5) is 0. The van der Waals surface area contributed by atoms with E-state index in [-0.39, 0.29) is 17.0 Å². The van der Waals surface area contributed by atoms with Gasteiger partial charge < -0.3 is 11.2 Å². The lowest BCUT2D eigenvalue weighted by molar-refractivity contribution is 0.632. The fourth-order valence-electron chi connectivity index (χ4n) is 0.475. The molecule has 9 heavy (non-hydrogen) atoms. The van der Waals surface area contributed by atoms with E-state index >= 15 is 0 Å². The number of hydrogen-bond acceptors (Lipinski definition) is 1. The molecule has 0 unspecified atom stereocenters. The summed E-state index contributed by atoms with van der Waals surface area (Å²) in [6.07, 6.45) is 0. The number of para-hydroxylation sites is 1. The highest BCUT2D eigenvalue weighted by atomic mass is 19.1. The highest BCUT2D eigenvalue weighted by Crippen LogP contribution is 2.05. The number of benzene rings is 1. The standard InChI is InChI=1S/C6H6FN.H2O/c7-5-3-1-2-4-6(5)8;/h1-4H,8H2;1H2. The van der Waals surface area contributed by atoms with Gasteiger partial charge in [0.25, 0.3) is 0 Å². The molecule has 0 fully saturated rings. The van der Waals surface area contributed by atoms with Crippen molar-refractivity contribution in [2.75, 3.05) is 5.73 Å². The van der Waals surface area contributed by atoms with Gasteiger partial charge in [-0.05, 0) is 12.1 Å². The Morgan fingerprint density at radius 1 is 1.22 bits per heavy atom. The lowest BCUT2D eigenvalue weighted by Gasteiger charge is -1.89. The summed E-state index contributed by atoms with van der Waals surface area (Å²) in [5.74, 6) is -0.354. The van der Waals surface area contributed by atoms with Crippen LogP contribution in [0.5, 0.6) is 0 Å². The van der Waals surface area contributed by atoms with E-state index in [1.807, 2.05) is 0 Å².